The summed E-state index contributed by atoms with van der Waals surface area (Å²) in [6.45, 7) is 2.01. The number of H-pyrrole nitrogens is 1. The molecule has 4 heteroatoms. The number of rotatable bonds is 1. The van der Waals surface area contributed by atoms with Gasteiger partial charge in [-0.3, -0.25) is 4.79 Å². The Bertz CT molecular complexity index is 498. The van der Waals surface area contributed by atoms with Crippen LogP contribution in [0.5, 0.6) is 0 Å². The lowest BCUT2D eigenvalue weighted by Gasteiger charge is -1.94. The topological polar surface area (TPSA) is 32.9 Å². The first-order chi connectivity index (χ1) is 6.22. The van der Waals surface area contributed by atoms with E-state index < -0.39 is 0 Å². The normalized spacial score (nSPS) is 10.9. The van der Waals surface area contributed by atoms with Crippen LogP contribution in [0.3, 0.4) is 0 Å². The number of nitrogens with one attached hydrogen (secondary N) is 1. The summed E-state index contributed by atoms with van der Waals surface area (Å²) < 4.78 is 0.837. The second kappa shape index (κ2) is 3.20. The van der Waals surface area contributed by atoms with Gasteiger partial charge in [-0.05, 0) is 19.2 Å². The first-order valence-corrected chi connectivity index (χ1v) is 5.92. The van der Waals surface area contributed by atoms with Gasteiger partial charge in [-0.15, -0.1) is 23.1 Å². The molecule has 0 aromatic carbocycles. The van der Waals surface area contributed by atoms with E-state index in [9.17, 15) is 4.79 Å². The number of aromatic amines is 1. The number of thiophene rings is 1. The van der Waals surface area contributed by atoms with E-state index >= 15 is 0 Å². The summed E-state index contributed by atoms with van der Waals surface area (Å²) >= 11 is 3.03. The number of aromatic nitrogens is 1. The molecule has 13 heavy (non-hydrogen) atoms. The molecule has 2 rings (SSSR count). The molecule has 0 aliphatic rings. The van der Waals surface area contributed by atoms with E-state index in [1.807, 2.05) is 19.2 Å². The van der Waals surface area contributed by atoms with Crippen LogP contribution < -0.4 is 5.43 Å². The van der Waals surface area contributed by atoms with E-state index in [0.29, 0.717) is 0 Å². The lowest BCUT2D eigenvalue weighted by molar-refractivity contribution is 1.28. The molecule has 2 nitrogen and oxygen atoms in total. The maximum atomic E-state index is 11.7. The molecule has 0 fully saturated rings. The van der Waals surface area contributed by atoms with Crippen LogP contribution >= 0.6 is 23.1 Å². The quantitative estimate of drug-likeness (QED) is 0.735. The molecule has 68 valence electrons. The molecule has 2 aromatic heterocycles. The highest BCUT2D eigenvalue weighted by molar-refractivity contribution is 7.98. The van der Waals surface area contributed by atoms with Crippen LogP contribution in [0, 0.1) is 6.92 Å². The lowest BCUT2D eigenvalue weighted by Crippen LogP contribution is -2.02. The summed E-state index contributed by atoms with van der Waals surface area (Å²) in [5, 5.41) is 0. The van der Waals surface area contributed by atoms with Crippen molar-refractivity contribution in [2.24, 2.45) is 0 Å². The number of hydrogen-bond donors (Lipinski definition) is 1. The van der Waals surface area contributed by atoms with Crippen molar-refractivity contribution < 1.29 is 0 Å². The highest BCUT2D eigenvalue weighted by Crippen LogP contribution is 2.22. The molecule has 0 atom stereocenters. The molecule has 0 saturated carbocycles. The first kappa shape index (κ1) is 8.84. The molecule has 0 saturated heterocycles. The van der Waals surface area contributed by atoms with Crippen LogP contribution in [0.1, 0.15) is 4.88 Å². The minimum atomic E-state index is 0.152. The molecule has 1 N–H and O–H groups in total. The van der Waals surface area contributed by atoms with E-state index in [4.69, 9.17) is 0 Å². The van der Waals surface area contributed by atoms with Crippen LogP contribution in [0.2, 0.25) is 0 Å². The first-order valence-electron chi connectivity index (χ1n) is 3.88. The molecule has 0 bridgehead atoms. The summed E-state index contributed by atoms with van der Waals surface area (Å²) in [4.78, 5) is 16.8. The van der Waals surface area contributed by atoms with Crippen molar-refractivity contribution in [3.8, 4) is 0 Å². The SMILES string of the molecule is CSc1c[nH]c2cc(C)sc2c1=O. The third-order valence-corrected chi connectivity index (χ3v) is 3.66. The largest absolute Gasteiger partial charge is 0.359 e. The van der Waals surface area contributed by atoms with Crippen LogP contribution in [0.15, 0.2) is 22.0 Å². The number of fused-ring (bicyclic) bond motifs is 1. The second-order valence-electron chi connectivity index (χ2n) is 2.79. The van der Waals surface area contributed by atoms with Gasteiger partial charge < -0.3 is 4.98 Å². The molecule has 0 amide bonds. The summed E-state index contributed by atoms with van der Waals surface area (Å²) in [6, 6.07) is 2.01. The van der Waals surface area contributed by atoms with Crippen molar-refractivity contribution in [1.82, 2.24) is 4.98 Å². The van der Waals surface area contributed by atoms with Crippen molar-refractivity contribution in [2.45, 2.75) is 11.8 Å². The lowest BCUT2D eigenvalue weighted by atomic mass is 10.4. The maximum Gasteiger partial charge on any atom is 0.212 e. The van der Waals surface area contributed by atoms with E-state index in [0.717, 1.165) is 15.1 Å². The maximum absolute atomic E-state index is 11.7. The third-order valence-electron chi connectivity index (χ3n) is 1.86. The fraction of sp³-hybridized carbons (Fsp3) is 0.222. The van der Waals surface area contributed by atoms with E-state index in [2.05, 4.69) is 4.98 Å². The van der Waals surface area contributed by atoms with Crippen molar-refractivity contribution in [3.05, 3.63) is 27.4 Å². The Morgan fingerprint density at radius 1 is 1.54 bits per heavy atom. The van der Waals surface area contributed by atoms with E-state index in [-0.39, 0.29) is 5.43 Å². The Kier molecular flexibility index (Phi) is 2.17. The Balaban J connectivity index is 2.86. The Morgan fingerprint density at radius 3 is 3.00 bits per heavy atom. The van der Waals surface area contributed by atoms with Gasteiger partial charge in [0.25, 0.3) is 0 Å². The fourth-order valence-corrected chi connectivity index (χ4v) is 2.72. The molecule has 0 spiro atoms. The predicted octanol–water partition coefficient (Wildman–Crippen LogP) is 2.62. The summed E-state index contributed by atoms with van der Waals surface area (Å²) in [5.41, 5.74) is 1.10. The van der Waals surface area contributed by atoms with Crippen molar-refractivity contribution >= 4 is 33.3 Å². The van der Waals surface area contributed by atoms with Crippen molar-refractivity contribution in [1.29, 1.82) is 0 Å². The molecule has 0 radical (unpaired) electrons. The standard InChI is InChI=1S/C9H9NOS2/c1-5-3-6-9(13-5)8(11)7(12-2)4-10-6/h3-4H,1-2H3,(H,10,11). The van der Waals surface area contributed by atoms with E-state index in [1.54, 1.807) is 17.5 Å². The zero-order chi connectivity index (χ0) is 9.42. The minimum Gasteiger partial charge on any atom is -0.359 e. The zero-order valence-corrected chi connectivity index (χ0v) is 9.01. The van der Waals surface area contributed by atoms with Gasteiger partial charge in [-0.25, -0.2) is 0 Å². The van der Waals surface area contributed by atoms with Gasteiger partial charge in [0, 0.05) is 11.1 Å². The van der Waals surface area contributed by atoms with Crippen LogP contribution in [0.4, 0.5) is 0 Å². The van der Waals surface area contributed by atoms with Crippen molar-refractivity contribution in [2.75, 3.05) is 6.26 Å². The second-order valence-corrected chi connectivity index (χ2v) is 4.89. The van der Waals surface area contributed by atoms with Crippen LogP contribution in [0.25, 0.3) is 10.2 Å². The van der Waals surface area contributed by atoms with Crippen LogP contribution in [-0.4, -0.2) is 11.2 Å². The monoisotopic (exact) mass is 211 g/mol. The highest BCUT2D eigenvalue weighted by Gasteiger charge is 2.06. The Labute approximate surface area is 84.0 Å². The van der Waals surface area contributed by atoms with Gasteiger partial charge in [0.2, 0.25) is 5.43 Å². The zero-order valence-electron chi connectivity index (χ0n) is 7.38. The smallest absolute Gasteiger partial charge is 0.212 e. The Morgan fingerprint density at radius 2 is 2.31 bits per heavy atom. The number of pyridine rings is 1. The average Bonchev–Trinajstić information content (AvgIpc) is 2.47. The van der Waals surface area contributed by atoms with Gasteiger partial charge in [0.15, 0.2) is 0 Å². The molecular formula is C9H9NOS2. The van der Waals surface area contributed by atoms with Gasteiger partial charge >= 0.3 is 0 Å². The number of aryl methyl sites for hydroxylation is 1. The Hall–Kier alpha value is -0.740. The molecule has 0 unspecified atom stereocenters. The summed E-state index contributed by atoms with van der Waals surface area (Å²) in [5.74, 6) is 0. The third kappa shape index (κ3) is 1.40. The van der Waals surface area contributed by atoms with Crippen molar-refractivity contribution in [3.63, 3.8) is 0 Å². The molecule has 2 aromatic rings. The van der Waals surface area contributed by atoms with Gasteiger partial charge in [0.05, 0.1) is 15.1 Å². The number of hydrogen-bond acceptors (Lipinski definition) is 3. The summed E-state index contributed by atoms with van der Waals surface area (Å²) in [7, 11) is 0. The average molecular weight is 211 g/mol. The fourth-order valence-electron chi connectivity index (χ4n) is 1.26. The molecule has 0 aliphatic carbocycles. The van der Waals surface area contributed by atoms with E-state index in [1.165, 1.54) is 16.6 Å². The molecular weight excluding hydrogens is 202 g/mol. The van der Waals surface area contributed by atoms with Gasteiger partial charge in [0.1, 0.15) is 0 Å². The predicted molar refractivity (Wildman–Crippen MR) is 59.0 cm³/mol. The number of thioether (sulfide) groups is 1. The molecule has 0 aliphatic heterocycles. The van der Waals surface area contributed by atoms with Gasteiger partial charge in [-0.1, -0.05) is 0 Å². The molecule has 2 heterocycles. The summed E-state index contributed by atoms with van der Waals surface area (Å²) in [6.07, 6.45) is 3.69. The van der Waals surface area contributed by atoms with Gasteiger partial charge in [-0.2, -0.15) is 0 Å². The minimum absolute atomic E-state index is 0.152. The van der Waals surface area contributed by atoms with Crippen LogP contribution in [-0.2, 0) is 0 Å². The highest BCUT2D eigenvalue weighted by atomic mass is 32.2.